The molecule has 31 heavy (non-hydrogen) atoms. The van der Waals surface area contributed by atoms with Gasteiger partial charge in [-0.3, -0.25) is 14.6 Å². The van der Waals surface area contributed by atoms with Crippen LogP contribution in [0.25, 0.3) is 0 Å². The van der Waals surface area contributed by atoms with E-state index in [4.69, 9.17) is 0 Å². The third kappa shape index (κ3) is 6.42. The Morgan fingerprint density at radius 3 is 2.32 bits per heavy atom. The molecule has 8 heteroatoms. The lowest BCUT2D eigenvalue weighted by Gasteiger charge is -2.27. The van der Waals surface area contributed by atoms with Gasteiger partial charge in [0.2, 0.25) is 5.91 Å². The summed E-state index contributed by atoms with van der Waals surface area (Å²) in [5, 5.41) is 6.45. The van der Waals surface area contributed by atoms with Gasteiger partial charge in [-0.25, -0.2) is 0 Å². The molecule has 3 atom stereocenters. The molecule has 3 heterocycles. The molecule has 0 spiro atoms. The van der Waals surface area contributed by atoms with Gasteiger partial charge in [0.1, 0.15) is 6.04 Å². The maximum atomic E-state index is 13.4. The molecule has 2 aliphatic rings. The van der Waals surface area contributed by atoms with E-state index in [2.05, 4.69) is 15.6 Å². The molecule has 2 aromatic rings. The highest BCUT2D eigenvalue weighted by atomic mass is 35.5. The van der Waals surface area contributed by atoms with E-state index in [-0.39, 0.29) is 36.6 Å². The van der Waals surface area contributed by atoms with Crippen molar-refractivity contribution >= 4 is 36.6 Å². The van der Waals surface area contributed by atoms with Gasteiger partial charge < -0.3 is 15.5 Å². The maximum Gasteiger partial charge on any atom is 0.251 e. The second-order valence-electron chi connectivity index (χ2n) is 8.04. The summed E-state index contributed by atoms with van der Waals surface area (Å²) < 4.78 is 0. The SMILES string of the molecule is Cl.Cl.O=C(NC(Cc1cccnc1)C(=O)N1CC[C@@H]2CNC[C@@H]2CC1)c1ccccc1. The Hall–Kier alpha value is -2.15. The molecule has 1 aromatic heterocycles. The highest BCUT2D eigenvalue weighted by molar-refractivity contribution is 5.97. The van der Waals surface area contributed by atoms with Crippen LogP contribution in [-0.4, -0.2) is 53.9 Å². The third-order valence-corrected chi connectivity index (χ3v) is 6.13. The Bertz CT molecular complexity index is 824. The monoisotopic (exact) mass is 464 g/mol. The molecule has 0 saturated carbocycles. The highest BCUT2D eigenvalue weighted by Crippen LogP contribution is 2.27. The van der Waals surface area contributed by atoms with Crippen LogP contribution in [0.1, 0.15) is 28.8 Å². The molecule has 2 saturated heterocycles. The maximum absolute atomic E-state index is 13.4. The first-order valence-corrected chi connectivity index (χ1v) is 10.4. The van der Waals surface area contributed by atoms with Gasteiger partial charge in [0.15, 0.2) is 0 Å². The largest absolute Gasteiger partial charge is 0.341 e. The van der Waals surface area contributed by atoms with E-state index in [1.54, 1.807) is 24.5 Å². The molecule has 168 valence electrons. The van der Waals surface area contributed by atoms with Crippen molar-refractivity contribution in [2.45, 2.75) is 25.3 Å². The van der Waals surface area contributed by atoms with Crippen molar-refractivity contribution in [3.63, 3.8) is 0 Å². The summed E-state index contributed by atoms with van der Waals surface area (Å²) in [4.78, 5) is 32.3. The molecule has 0 radical (unpaired) electrons. The average Bonchev–Trinajstić information content (AvgIpc) is 3.12. The van der Waals surface area contributed by atoms with Crippen molar-refractivity contribution in [1.82, 2.24) is 20.5 Å². The van der Waals surface area contributed by atoms with Crippen LogP contribution in [-0.2, 0) is 11.2 Å². The number of carbonyl (C=O) groups is 2. The van der Waals surface area contributed by atoms with Crippen LogP contribution in [0.4, 0.5) is 0 Å². The third-order valence-electron chi connectivity index (χ3n) is 6.13. The number of rotatable bonds is 5. The molecular formula is C23H30Cl2N4O2. The Labute approximate surface area is 196 Å². The van der Waals surface area contributed by atoms with Gasteiger partial charge in [-0.05, 0) is 61.5 Å². The van der Waals surface area contributed by atoms with Crippen LogP contribution in [0.5, 0.6) is 0 Å². The number of likely N-dealkylation sites (tertiary alicyclic amines) is 1. The van der Waals surface area contributed by atoms with Crippen LogP contribution in [0, 0.1) is 11.8 Å². The summed E-state index contributed by atoms with van der Waals surface area (Å²) >= 11 is 0. The summed E-state index contributed by atoms with van der Waals surface area (Å²) in [7, 11) is 0. The Kier molecular flexibility index (Phi) is 9.75. The van der Waals surface area contributed by atoms with E-state index in [1.807, 2.05) is 35.2 Å². The summed E-state index contributed by atoms with van der Waals surface area (Å²) in [6.45, 7) is 3.62. The molecule has 2 amide bonds. The average molecular weight is 465 g/mol. The molecule has 1 unspecified atom stereocenters. The number of halogens is 2. The molecule has 0 bridgehead atoms. The summed E-state index contributed by atoms with van der Waals surface area (Å²) in [5.74, 6) is 1.10. The molecule has 2 fully saturated rings. The van der Waals surface area contributed by atoms with Crippen LogP contribution in [0.2, 0.25) is 0 Å². The van der Waals surface area contributed by atoms with Gasteiger partial charge in [0, 0.05) is 37.5 Å². The fraction of sp³-hybridized carbons (Fsp3) is 0.435. The number of fused-ring (bicyclic) bond motifs is 1. The standard InChI is InChI=1S/C23H28N4O2.2ClH/c28-22(18-6-2-1-3-7-18)26-21(13-17-5-4-10-24-14-17)23(29)27-11-8-19-15-25-16-20(19)9-12-27;;/h1-7,10,14,19-21,25H,8-9,11-13,15-16H2,(H,26,28);2*1H/t19-,20+,21?;;. The van der Waals surface area contributed by atoms with Crippen molar-refractivity contribution in [3.8, 4) is 0 Å². The minimum Gasteiger partial charge on any atom is -0.341 e. The molecule has 6 nitrogen and oxygen atoms in total. The number of aromatic nitrogens is 1. The summed E-state index contributed by atoms with van der Waals surface area (Å²) in [6.07, 6.45) is 5.96. The first-order chi connectivity index (χ1) is 14.2. The fourth-order valence-electron chi connectivity index (χ4n) is 4.44. The zero-order valence-electron chi connectivity index (χ0n) is 17.4. The van der Waals surface area contributed by atoms with E-state index >= 15 is 0 Å². The van der Waals surface area contributed by atoms with Gasteiger partial charge in [-0.2, -0.15) is 0 Å². The van der Waals surface area contributed by atoms with Crippen molar-refractivity contribution in [1.29, 1.82) is 0 Å². The number of benzene rings is 1. The van der Waals surface area contributed by atoms with E-state index in [0.717, 1.165) is 44.6 Å². The van der Waals surface area contributed by atoms with Gasteiger partial charge in [0.25, 0.3) is 5.91 Å². The van der Waals surface area contributed by atoms with E-state index in [0.29, 0.717) is 23.8 Å². The quantitative estimate of drug-likeness (QED) is 0.713. The van der Waals surface area contributed by atoms with Crippen LogP contribution >= 0.6 is 24.8 Å². The lowest BCUT2D eigenvalue weighted by Crippen LogP contribution is -2.50. The topological polar surface area (TPSA) is 74.3 Å². The van der Waals surface area contributed by atoms with Gasteiger partial charge in [0.05, 0.1) is 0 Å². The predicted molar refractivity (Wildman–Crippen MR) is 126 cm³/mol. The van der Waals surface area contributed by atoms with Gasteiger partial charge >= 0.3 is 0 Å². The van der Waals surface area contributed by atoms with Crippen LogP contribution in [0.3, 0.4) is 0 Å². The van der Waals surface area contributed by atoms with Gasteiger partial charge in [-0.1, -0.05) is 24.3 Å². The zero-order valence-corrected chi connectivity index (χ0v) is 19.0. The number of amides is 2. The van der Waals surface area contributed by atoms with Crippen molar-refractivity contribution < 1.29 is 9.59 Å². The van der Waals surface area contributed by atoms with E-state index in [1.165, 1.54) is 0 Å². The molecule has 2 N–H and O–H groups in total. The first-order valence-electron chi connectivity index (χ1n) is 10.4. The fourth-order valence-corrected chi connectivity index (χ4v) is 4.44. The number of hydrogen-bond donors (Lipinski definition) is 2. The zero-order chi connectivity index (χ0) is 20.1. The van der Waals surface area contributed by atoms with Gasteiger partial charge in [-0.15, -0.1) is 24.8 Å². The molecule has 4 rings (SSSR count). The number of nitrogens with one attached hydrogen (secondary N) is 2. The number of carbonyl (C=O) groups excluding carboxylic acids is 2. The molecular weight excluding hydrogens is 435 g/mol. The Morgan fingerprint density at radius 1 is 1.03 bits per heavy atom. The van der Waals surface area contributed by atoms with Crippen molar-refractivity contribution in [2.24, 2.45) is 11.8 Å². The predicted octanol–water partition coefficient (Wildman–Crippen LogP) is 2.72. The lowest BCUT2D eigenvalue weighted by atomic mass is 9.92. The van der Waals surface area contributed by atoms with E-state index in [9.17, 15) is 9.59 Å². The highest BCUT2D eigenvalue weighted by Gasteiger charge is 2.34. The van der Waals surface area contributed by atoms with Crippen molar-refractivity contribution in [3.05, 3.63) is 66.0 Å². The number of pyridine rings is 1. The second kappa shape index (κ2) is 12.0. The first kappa shape index (κ1) is 25.1. The van der Waals surface area contributed by atoms with E-state index < -0.39 is 6.04 Å². The Morgan fingerprint density at radius 2 is 1.71 bits per heavy atom. The van der Waals surface area contributed by atoms with Crippen LogP contribution in [0.15, 0.2) is 54.9 Å². The van der Waals surface area contributed by atoms with Crippen molar-refractivity contribution in [2.75, 3.05) is 26.2 Å². The lowest BCUT2D eigenvalue weighted by molar-refractivity contribution is -0.133. The Balaban J connectivity index is 0.00000171. The summed E-state index contributed by atoms with van der Waals surface area (Å²) in [5.41, 5.74) is 1.50. The molecule has 0 aliphatic carbocycles. The number of nitrogens with zero attached hydrogens (tertiary/aromatic N) is 2. The summed E-state index contributed by atoms with van der Waals surface area (Å²) in [6, 6.07) is 12.3. The number of hydrogen-bond acceptors (Lipinski definition) is 4. The second-order valence-corrected chi connectivity index (χ2v) is 8.04. The normalized spacial score (nSPS) is 21.0. The smallest absolute Gasteiger partial charge is 0.251 e. The molecule has 1 aromatic carbocycles. The molecule has 2 aliphatic heterocycles. The minimum atomic E-state index is -0.594. The van der Waals surface area contributed by atoms with Crippen LogP contribution < -0.4 is 10.6 Å². The minimum absolute atomic E-state index is 0.